The van der Waals surface area contributed by atoms with Gasteiger partial charge in [-0.2, -0.15) is 0 Å². The van der Waals surface area contributed by atoms with Gasteiger partial charge < -0.3 is 27.9 Å². The molecule has 0 aliphatic rings. The monoisotopic (exact) mass is 1320 g/mol. The Morgan fingerprint density at radius 2 is 0.554 bits per heavy atom. The van der Waals surface area contributed by atoms with Gasteiger partial charge in [-0.1, -0.05) is 411 Å². The summed E-state index contributed by atoms with van der Waals surface area (Å²) in [6, 6.07) is 0. The first-order valence-corrected chi connectivity index (χ1v) is 42.9. The van der Waals surface area contributed by atoms with Crippen molar-refractivity contribution in [2.24, 2.45) is 0 Å². The maximum atomic E-state index is 12.9. The molecule has 0 aromatic heterocycles. The lowest BCUT2D eigenvalue weighted by molar-refractivity contribution is -0.870. The highest BCUT2D eigenvalue weighted by atomic mass is 31.2. The Kier molecular flexibility index (Phi) is 73.0. The molecular weight excluding hydrogens is 1160 g/mol. The van der Waals surface area contributed by atoms with E-state index in [4.69, 9.17) is 18.5 Å². The summed E-state index contributed by atoms with van der Waals surface area (Å²) in [6.07, 6.45) is 93.6. The van der Waals surface area contributed by atoms with Gasteiger partial charge in [-0.15, -0.1) is 0 Å². The fourth-order valence-corrected chi connectivity index (χ4v) is 13.7. The fourth-order valence-electron chi connectivity index (χ4n) is 13.0. The van der Waals surface area contributed by atoms with Crippen molar-refractivity contribution >= 4 is 19.8 Å². The molecule has 0 fully saturated rings. The van der Waals surface area contributed by atoms with Gasteiger partial charge in [0.25, 0.3) is 7.82 Å². The van der Waals surface area contributed by atoms with E-state index in [1.54, 1.807) is 0 Å². The molecule has 0 aliphatic heterocycles. The average Bonchev–Trinajstić information content (AvgIpc) is 2.23. The maximum absolute atomic E-state index is 12.9. The summed E-state index contributed by atoms with van der Waals surface area (Å²) in [4.78, 5) is 38.2. The number of phosphoric acid groups is 1. The summed E-state index contributed by atoms with van der Waals surface area (Å²) in [5, 5.41) is 0. The number of allylic oxidation sites excluding steroid dienone is 2. The van der Waals surface area contributed by atoms with Crippen molar-refractivity contribution in [3.63, 3.8) is 0 Å². The summed E-state index contributed by atoms with van der Waals surface area (Å²) in [6.45, 7) is 4.34. The van der Waals surface area contributed by atoms with Crippen molar-refractivity contribution in [2.75, 3.05) is 47.5 Å². The smallest absolute Gasteiger partial charge is 0.306 e. The summed E-state index contributed by atoms with van der Waals surface area (Å²) >= 11 is 0. The summed E-state index contributed by atoms with van der Waals surface area (Å²) in [5.41, 5.74) is 0. The molecule has 548 valence electrons. The molecule has 0 saturated carbocycles. The standard InChI is InChI=1S/C82H162NO8P/c1-6-8-10-12-14-16-18-20-22-24-26-28-30-32-34-35-36-37-38-39-40-41-42-43-44-45-46-47-49-51-53-55-57-59-61-63-65-67-69-71-73-75-82(85)91-80(79-90-92(86,87)89-77-76-83(3,4)5)78-88-81(84)74-72-70-68-66-64-62-60-58-56-54-52-50-48-33-31-29-27-25-23-21-19-17-15-13-11-9-7-2/h24,26,80H,6-23,25,27-79H2,1-5H3/b26-24-. The average molecular weight is 1320 g/mol. The van der Waals surface area contributed by atoms with Gasteiger partial charge in [0.05, 0.1) is 27.7 Å². The number of carbonyl (C=O) groups is 2. The number of likely N-dealkylation sites (N-methyl/N-ethyl adjacent to an activating group) is 1. The molecule has 0 heterocycles. The van der Waals surface area contributed by atoms with Crippen LogP contribution in [0.5, 0.6) is 0 Å². The van der Waals surface area contributed by atoms with Gasteiger partial charge in [0.2, 0.25) is 0 Å². The number of hydrogen-bond donors (Lipinski definition) is 0. The highest BCUT2D eigenvalue weighted by Gasteiger charge is 2.22. The third-order valence-electron chi connectivity index (χ3n) is 19.3. The van der Waals surface area contributed by atoms with Gasteiger partial charge in [0.15, 0.2) is 6.10 Å². The number of ether oxygens (including phenoxy) is 2. The van der Waals surface area contributed by atoms with Crippen LogP contribution in [-0.2, 0) is 32.7 Å². The molecule has 0 N–H and O–H groups in total. The molecule has 0 bridgehead atoms. The maximum Gasteiger partial charge on any atom is 0.306 e. The molecule has 0 radical (unpaired) electrons. The molecule has 10 heteroatoms. The Hall–Kier alpha value is -1.25. The minimum Gasteiger partial charge on any atom is -0.756 e. The lowest BCUT2D eigenvalue weighted by Gasteiger charge is -2.28. The molecule has 2 unspecified atom stereocenters. The first kappa shape index (κ1) is 90.8. The van der Waals surface area contributed by atoms with E-state index in [9.17, 15) is 19.0 Å². The van der Waals surface area contributed by atoms with E-state index in [1.807, 2.05) is 21.1 Å². The molecule has 0 aromatic carbocycles. The van der Waals surface area contributed by atoms with Gasteiger partial charge >= 0.3 is 11.9 Å². The Bertz CT molecular complexity index is 1550. The van der Waals surface area contributed by atoms with Crippen LogP contribution in [0.1, 0.15) is 450 Å². The number of nitrogens with zero attached hydrogens (tertiary/aromatic N) is 1. The third kappa shape index (κ3) is 77.8. The largest absolute Gasteiger partial charge is 0.756 e. The zero-order valence-corrected chi connectivity index (χ0v) is 63.7. The topological polar surface area (TPSA) is 111 Å². The normalized spacial score (nSPS) is 13.0. The van der Waals surface area contributed by atoms with Gasteiger partial charge in [0, 0.05) is 12.8 Å². The number of unbranched alkanes of at least 4 members (excludes halogenated alkanes) is 63. The molecule has 9 nitrogen and oxygen atoms in total. The predicted molar refractivity (Wildman–Crippen MR) is 398 cm³/mol. The summed E-state index contributed by atoms with van der Waals surface area (Å²) in [5.74, 6) is -0.802. The Morgan fingerprint density at radius 3 is 0.804 bits per heavy atom. The van der Waals surface area contributed by atoms with Crippen molar-refractivity contribution in [3.8, 4) is 0 Å². The van der Waals surface area contributed by atoms with Crippen LogP contribution in [0.25, 0.3) is 0 Å². The zero-order valence-electron chi connectivity index (χ0n) is 62.8. The molecule has 0 aliphatic carbocycles. The van der Waals surface area contributed by atoms with Crippen molar-refractivity contribution in [1.29, 1.82) is 0 Å². The Labute approximate surface area is 575 Å². The molecule has 0 aromatic rings. The van der Waals surface area contributed by atoms with Crippen LogP contribution in [0.4, 0.5) is 0 Å². The Morgan fingerprint density at radius 1 is 0.326 bits per heavy atom. The number of rotatable bonds is 79. The van der Waals surface area contributed by atoms with Crippen LogP contribution < -0.4 is 4.89 Å². The van der Waals surface area contributed by atoms with Gasteiger partial charge in [-0.05, 0) is 38.5 Å². The van der Waals surface area contributed by atoms with Crippen LogP contribution in [0.2, 0.25) is 0 Å². The molecule has 0 rings (SSSR count). The summed E-state index contributed by atoms with van der Waals surface area (Å²) < 4.78 is 34.4. The van der Waals surface area contributed by atoms with Crippen LogP contribution in [0, 0.1) is 0 Å². The highest BCUT2D eigenvalue weighted by Crippen LogP contribution is 2.38. The first-order valence-electron chi connectivity index (χ1n) is 41.4. The van der Waals surface area contributed by atoms with E-state index >= 15 is 0 Å². The van der Waals surface area contributed by atoms with Gasteiger partial charge in [0.1, 0.15) is 19.8 Å². The van der Waals surface area contributed by atoms with Gasteiger partial charge in [-0.3, -0.25) is 14.2 Å². The van der Waals surface area contributed by atoms with E-state index in [-0.39, 0.29) is 32.0 Å². The van der Waals surface area contributed by atoms with Crippen molar-refractivity contribution in [2.45, 2.75) is 457 Å². The highest BCUT2D eigenvalue weighted by molar-refractivity contribution is 7.45. The van der Waals surface area contributed by atoms with E-state index in [0.717, 1.165) is 32.1 Å². The second kappa shape index (κ2) is 74.0. The lowest BCUT2D eigenvalue weighted by Crippen LogP contribution is -2.37. The quantitative estimate of drug-likeness (QED) is 0.0195. The van der Waals surface area contributed by atoms with Gasteiger partial charge in [-0.25, -0.2) is 0 Å². The predicted octanol–water partition coefficient (Wildman–Crippen LogP) is 26.8. The summed E-state index contributed by atoms with van der Waals surface area (Å²) in [7, 11) is 1.20. The van der Waals surface area contributed by atoms with Crippen molar-refractivity contribution < 1.29 is 42.1 Å². The van der Waals surface area contributed by atoms with E-state index in [1.165, 1.54) is 385 Å². The second-order valence-corrected chi connectivity index (χ2v) is 31.3. The first-order chi connectivity index (χ1) is 45.0. The third-order valence-corrected chi connectivity index (χ3v) is 20.2. The molecular formula is C82H162NO8P. The SMILES string of the molecule is CCCCCCCCCC/C=C\CCCCCCCCCCCCCCCCCCCCCCCCCCCCCCCC(=O)OC(COC(=O)CCCCCCCCCCCCCCCCCCCCCCCCCCCCC)COP(=O)([O-])OCC[N+](C)(C)C. The van der Waals surface area contributed by atoms with E-state index in [2.05, 4.69) is 26.0 Å². The fraction of sp³-hybridized carbons (Fsp3) is 0.951. The van der Waals surface area contributed by atoms with E-state index in [0.29, 0.717) is 17.4 Å². The second-order valence-electron chi connectivity index (χ2n) is 29.9. The van der Waals surface area contributed by atoms with Crippen molar-refractivity contribution in [1.82, 2.24) is 0 Å². The number of quaternary nitrogens is 1. The number of hydrogen-bond acceptors (Lipinski definition) is 8. The van der Waals surface area contributed by atoms with E-state index < -0.39 is 26.5 Å². The molecule has 0 spiro atoms. The van der Waals surface area contributed by atoms with Crippen LogP contribution >= 0.6 is 7.82 Å². The van der Waals surface area contributed by atoms with Crippen LogP contribution in [-0.4, -0.2) is 70.0 Å². The van der Waals surface area contributed by atoms with Crippen LogP contribution in [0.15, 0.2) is 12.2 Å². The molecule has 2 atom stereocenters. The molecule has 0 saturated heterocycles. The Balaban J connectivity index is 3.84. The minimum absolute atomic E-state index is 0.0252. The zero-order chi connectivity index (χ0) is 66.9. The minimum atomic E-state index is -4.64. The van der Waals surface area contributed by atoms with Crippen LogP contribution in [0.3, 0.4) is 0 Å². The number of phosphoric ester groups is 1. The number of esters is 2. The lowest BCUT2D eigenvalue weighted by atomic mass is 10.0. The molecule has 92 heavy (non-hydrogen) atoms. The molecule has 0 amide bonds. The number of carbonyl (C=O) groups excluding carboxylic acids is 2. The van der Waals surface area contributed by atoms with Crippen molar-refractivity contribution in [3.05, 3.63) is 12.2 Å².